The first kappa shape index (κ1) is 8.37. The van der Waals surface area contributed by atoms with Crippen LogP contribution in [0.3, 0.4) is 0 Å². The van der Waals surface area contributed by atoms with Gasteiger partial charge >= 0.3 is 0 Å². The third kappa shape index (κ3) is 1.65. The number of nitrogen functional groups attached to an aromatic ring is 2. The Balaban J connectivity index is 3.08. The highest BCUT2D eigenvalue weighted by atomic mass is 14.7. The summed E-state index contributed by atoms with van der Waals surface area (Å²) in [6.07, 6.45) is 3.05. The Morgan fingerprint density at radius 3 is 2.75 bits per heavy atom. The van der Waals surface area contributed by atoms with Crippen LogP contribution < -0.4 is 17.2 Å². The molecule has 1 aromatic heterocycles. The minimum Gasteiger partial charge on any atom is -0.396 e. The second-order valence-electron chi connectivity index (χ2n) is 2.20. The summed E-state index contributed by atoms with van der Waals surface area (Å²) >= 11 is 0. The lowest BCUT2D eigenvalue weighted by atomic mass is 10.2. The van der Waals surface area contributed by atoms with Gasteiger partial charge in [0.2, 0.25) is 0 Å². The van der Waals surface area contributed by atoms with Gasteiger partial charge in [0, 0.05) is 6.20 Å². The molecule has 0 aliphatic carbocycles. The lowest BCUT2D eigenvalue weighted by Crippen LogP contribution is -1.99. The van der Waals surface area contributed by atoms with Crippen LogP contribution in [0.4, 0.5) is 11.4 Å². The zero-order chi connectivity index (χ0) is 8.97. The normalized spacial score (nSPS) is 8.75. The van der Waals surface area contributed by atoms with Crippen molar-refractivity contribution in [1.82, 2.24) is 4.98 Å². The van der Waals surface area contributed by atoms with Gasteiger partial charge in [0.05, 0.1) is 29.7 Å². The summed E-state index contributed by atoms with van der Waals surface area (Å²) in [6.45, 7) is 0.300. The van der Waals surface area contributed by atoms with Crippen molar-refractivity contribution in [3.8, 4) is 11.8 Å². The lowest BCUT2D eigenvalue weighted by Gasteiger charge is -1.99. The Hall–Kier alpha value is -1.73. The lowest BCUT2D eigenvalue weighted by molar-refractivity contribution is 1.29. The molecule has 0 aliphatic heterocycles. The summed E-state index contributed by atoms with van der Waals surface area (Å²) < 4.78 is 0. The topological polar surface area (TPSA) is 90.9 Å². The van der Waals surface area contributed by atoms with Gasteiger partial charge in [0.25, 0.3) is 0 Å². The van der Waals surface area contributed by atoms with Gasteiger partial charge in [-0.2, -0.15) is 0 Å². The van der Waals surface area contributed by atoms with Crippen molar-refractivity contribution >= 4 is 11.4 Å². The quantitative estimate of drug-likeness (QED) is 0.451. The molecule has 0 aromatic carbocycles. The molecule has 12 heavy (non-hydrogen) atoms. The molecule has 4 nitrogen and oxygen atoms in total. The maximum absolute atomic E-state index is 5.62. The van der Waals surface area contributed by atoms with Crippen molar-refractivity contribution in [3.05, 3.63) is 18.0 Å². The molecule has 0 saturated heterocycles. The molecule has 0 unspecified atom stereocenters. The Labute approximate surface area is 70.8 Å². The Kier molecular flexibility index (Phi) is 2.51. The molecule has 62 valence electrons. The van der Waals surface area contributed by atoms with Gasteiger partial charge in [0.15, 0.2) is 0 Å². The van der Waals surface area contributed by atoms with Crippen molar-refractivity contribution in [2.45, 2.75) is 0 Å². The summed E-state index contributed by atoms with van der Waals surface area (Å²) in [5.41, 5.74) is 17.9. The number of hydrogen-bond acceptors (Lipinski definition) is 4. The van der Waals surface area contributed by atoms with E-state index in [0.29, 0.717) is 23.5 Å². The van der Waals surface area contributed by atoms with E-state index in [9.17, 15) is 0 Å². The van der Waals surface area contributed by atoms with Crippen molar-refractivity contribution in [2.24, 2.45) is 5.73 Å². The molecule has 0 spiro atoms. The first-order valence-corrected chi connectivity index (χ1v) is 3.43. The van der Waals surface area contributed by atoms with E-state index in [1.807, 2.05) is 0 Å². The number of nitrogens with two attached hydrogens (primary N) is 3. The van der Waals surface area contributed by atoms with Crippen LogP contribution in [0.25, 0.3) is 0 Å². The van der Waals surface area contributed by atoms with Gasteiger partial charge in [-0.1, -0.05) is 11.8 Å². The van der Waals surface area contributed by atoms with Crippen molar-refractivity contribution in [2.75, 3.05) is 18.0 Å². The molecular weight excluding hydrogens is 152 g/mol. The Morgan fingerprint density at radius 1 is 1.33 bits per heavy atom. The first-order valence-electron chi connectivity index (χ1n) is 3.43. The van der Waals surface area contributed by atoms with Crippen LogP contribution >= 0.6 is 0 Å². The molecule has 0 atom stereocenters. The van der Waals surface area contributed by atoms with Crippen LogP contribution in [0.5, 0.6) is 0 Å². The van der Waals surface area contributed by atoms with Crippen LogP contribution in [0.15, 0.2) is 12.4 Å². The molecule has 1 heterocycles. The van der Waals surface area contributed by atoms with Gasteiger partial charge in [0.1, 0.15) is 0 Å². The predicted octanol–water partition coefficient (Wildman–Crippen LogP) is -0.444. The highest BCUT2D eigenvalue weighted by molar-refractivity contribution is 5.69. The number of pyridine rings is 1. The molecule has 0 amide bonds. The van der Waals surface area contributed by atoms with E-state index in [-0.39, 0.29) is 0 Å². The molecule has 0 fully saturated rings. The zero-order valence-corrected chi connectivity index (χ0v) is 6.54. The standard InChI is InChI=1S/C8H10N4/c9-3-1-2-6-4-12-5-7(10)8(6)11/h4-5H,3,9-10H2,(H2,11,12). The second-order valence-corrected chi connectivity index (χ2v) is 2.20. The van der Waals surface area contributed by atoms with Gasteiger partial charge < -0.3 is 17.2 Å². The minimum absolute atomic E-state index is 0.300. The highest BCUT2D eigenvalue weighted by Gasteiger charge is 1.98. The summed E-state index contributed by atoms with van der Waals surface area (Å²) in [5.74, 6) is 5.45. The third-order valence-corrected chi connectivity index (χ3v) is 1.34. The number of nitrogens with zero attached hydrogens (tertiary/aromatic N) is 1. The fourth-order valence-electron chi connectivity index (χ4n) is 0.733. The van der Waals surface area contributed by atoms with Crippen molar-refractivity contribution in [1.29, 1.82) is 0 Å². The summed E-state index contributed by atoms with van der Waals surface area (Å²) in [6, 6.07) is 0. The average molecular weight is 162 g/mol. The average Bonchev–Trinajstić information content (AvgIpc) is 2.08. The molecule has 4 heteroatoms. The van der Waals surface area contributed by atoms with E-state index in [1.165, 1.54) is 6.20 Å². The Morgan fingerprint density at radius 2 is 2.08 bits per heavy atom. The molecular formula is C8H10N4. The van der Waals surface area contributed by atoms with E-state index < -0.39 is 0 Å². The molecule has 1 rings (SSSR count). The van der Waals surface area contributed by atoms with Gasteiger partial charge in [-0.05, 0) is 0 Å². The molecule has 6 N–H and O–H groups in total. The number of aromatic nitrogens is 1. The van der Waals surface area contributed by atoms with Crippen LogP contribution in [0.1, 0.15) is 5.56 Å². The molecule has 0 aliphatic rings. The van der Waals surface area contributed by atoms with Crippen molar-refractivity contribution in [3.63, 3.8) is 0 Å². The van der Waals surface area contributed by atoms with Crippen LogP contribution in [-0.4, -0.2) is 11.5 Å². The molecule has 0 bridgehead atoms. The monoisotopic (exact) mass is 162 g/mol. The highest BCUT2D eigenvalue weighted by Crippen LogP contribution is 2.15. The largest absolute Gasteiger partial charge is 0.396 e. The van der Waals surface area contributed by atoms with E-state index in [0.717, 1.165) is 0 Å². The number of anilines is 2. The summed E-state index contributed by atoms with van der Waals surface area (Å²) in [5, 5.41) is 0. The van der Waals surface area contributed by atoms with E-state index >= 15 is 0 Å². The maximum atomic E-state index is 5.62. The van der Waals surface area contributed by atoms with Crippen LogP contribution in [0, 0.1) is 11.8 Å². The van der Waals surface area contributed by atoms with Gasteiger partial charge in [-0.3, -0.25) is 4.98 Å². The maximum Gasteiger partial charge on any atom is 0.0747 e. The number of rotatable bonds is 0. The smallest absolute Gasteiger partial charge is 0.0747 e. The Bertz CT molecular complexity index is 335. The van der Waals surface area contributed by atoms with Crippen LogP contribution in [-0.2, 0) is 0 Å². The van der Waals surface area contributed by atoms with E-state index in [4.69, 9.17) is 17.2 Å². The van der Waals surface area contributed by atoms with Gasteiger partial charge in [-0.25, -0.2) is 0 Å². The summed E-state index contributed by atoms with van der Waals surface area (Å²) in [7, 11) is 0. The van der Waals surface area contributed by atoms with E-state index in [2.05, 4.69) is 16.8 Å². The third-order valence-electron chi connectivity index (χ3n) is 1.34. The van der Waals surface area contributed by atoms with Crippen molar-refractivity contribution < 1.29 is 0 Å². The van der Waals surface area contributed by atoms with Gasteiger partial charge in [-0.15, -0.1) is 0 Å². The zero-order valence-electron chi connectivity index (χ0n) is 6.54. The van der Waals surface area contributed by atoms with Crippen LogP contribution in [0.2, 0.25) is 0 Å². The minimum atomic E-state index is 0.300. The molecule has 0 saturated carbocycles. The SMILES string of the molecule is NCC#Cc1cncc(N)c1N. The predicted molar refractivity (Wildman–Crippen MR) is 49.0 cm³/mol. The van der Waals surface area contributed by atoms with E-state index in [1.54, 1.807) is 6.20 Å². The fraction of sp³-hybridized carbons (Fsp3) is 0.125. The second kappa shape index (κ2) is 3.60. The molecule has 1 aromatic rings. The summed E-state index contributed by atoms with van der Waals surface area (Å²) in [4.78, 5) is 3.85. The number of hydrogen-bond donors (Lipinski definition) is 3. The first-order chi connectivity index (χ1) is 5.75. The molecule has 0 radical (unpaired) electrons. The fourth-order valence-corrected chi connectivity index (χ4v) is 0.733.